The summed E-state index contributed by atoms with van der Waals surface area (Å²) in [7, 11) is 1.62. The van der Waals surface area contributed by atoms with Gasteiger partial charge in [-0.05, 0) is 129 Å². The van der Waals surface area contributed by atoms with Gasteiger partial charge in [-0.1, -0.05) is 97.1 Å². The van der Waals surface area contributed by atoms with Gasteiger partial charge in [0, 0.05) is 59.4 Å². The number of benzene rings is 5. The number of ether oxygens (including phenoxy) is 15. The number of hydrogen-bond acceptors (Lipinski definition) is 28. The van der Waals surface area contributed by atoms with Crippen LogP contribution in [0.3, 0.4) is 0 Å². The monoisotopic (exact) mass is 1750 g/mol. The lowest BCUT2D eigenvalue weighted by Crippen LogP contribution is -2.47. The Morgan fingerprint density at radius 2 is 1.22 bits per heavy atom. The number of carbonyl (C=O) groups is 8. The minimum absolute atomic E-state index is 0.0297. The van der Waals surface area contributed by atoms with Gasteiger partial charge < -0.3 is 96.9 Å². The van der Waals surface area contributed by atoms with Gasteiger partial charge >= 0.3 is 12.1 Å². The smallest absolute Gasteiger partial charge is 0.497 e. The van der Waals surface area contributed by atoms with E-state index < -0.39 is 65.8 Å². The SMILES string of the molecule is CC[C@@]1(OC(=O)OCc2ccc(NC(=O)[C@H](CCCCNC(c3ccccc3)(c3ccccc3)c3ccc(OC)cc3)NC(=O)COCC(=O)NCCOCCOCCOCCOCCOCCOCCOCCOCCn3cc(CNC(=O)C4CCC(CN5C(=O)C=CC5=O)CC4)nn3)cc2)C(=O)OCc2c1cc1n(c2=O)Cc2cc3cc4c(cc3nc2-1)OCO4. The van der Waals surface area contributed by atoms with Gasteiger partial charge in [-0.2, -0.15) is 0 Å². The summed E-state index contributed by atoms with van der Waals surface area (Å²) in [6.45, 7) is 8.13. The van der Waals surface area contributed by atoms with Gasteiger partial charge in [0.1, 0.15) is 43.9 Å². The van der Waals surface area contributed by atoms with Crippen molar-refractivity contribution in [2.45, 2.75) is 108 Å². The Hall–Kier alpha value is -11.9. The highest BCUT2D eigenvalue weighted by atomic mass is 16.7. The zero-order valence-electron chi connectivity index (χ0n) is 71.4. The molecule has 7 heterocycles. The van der Waals surface area contributed by atoms with E-state index in [0.29, 0.717) is 189 Å². The molecule has 13 rings (SSSR count). The molecular weight excluding hydrogens is 1640 g/mol. The first-order valence-electron chi connectivity index (χ1n) is 43.0. The summed E-state index contributed by atoms with van der Waals surface area (Å²) in [4.78, 5) is 125. The Kier molecular flexibility index (Phi) is 34.4. The highest BCUT2D eigenvalue weighted by molar-refractivity contribution is 6.13. The lowest BCUT2D eigenvalue weighted by Gasteiger charge is -2.37. The zero-order chi connectivity index (χ0) is 88.6. The molecular formula is C92H109N11O24. The van der Waals surface area contributed by atoms with Crippen molar-refractivity contribution >= 4 is 64.2 Å². The zero-order valence-corrected chi connectivity index (χ0v) is 71.4. The van der Waals surface area contributed by atoms with Crippen molar-refractivity contribution in [2.75, 3.05) is 158 Å². The van der Waals surface area contributed by atoms with E-state index in [1.807, 2.05) is 72.8 Å². The van der Waals surface area contributed by atoms with Crippen LogP contribution in [-0.2, 0) is 134 Å². The van der Waals surface area contributed by atoms with Crippen LogP contribution >= 0.6 is 0 Å². The molecule has 35 heteroatoms. The number of anilines is 1. The minimum atomic E-state index is -2.03. The van der Waals surface area contributed by atoms with E-state index in [4.69, 9.17) is 76.0 Å². The van der Waals surface area contributed by atoms with Gasteiger partial charge in [0.25, 0.3) is 17.4 Å². The van der Waals surface area contributed by atoms with E-state index in [1.165, 1.54) is 17.1 Å². The number of fused-ring (bicyclic) bond motifs is 6. The molecule has 5 aliphatic rings. The molecule has 2 atom stereocenters. The van der Waals surface area contributed by atoms with Crippen molar-refractivity contribution in [3.8, 4) is 28.6 Å². The number of nitrogens with zero attached hydrogens (tertiary/aromatic N) is 6. The molecule has 4 aliphatic heterocycles. The van der Waals surface area contributed by atoms with Crippen LogP contribution in [0.5, 0.6) is 17.2 Å². The van der Waals surface area contributed by atoms with Gasteiger partial charge in [0.15, 0.2) is 11.5 Å². The Morgan fingerprint density at radius 3 is 1.84 bits per heavy atom. The third kappa shape index (κ3) is 25.3. The largest absolute Gasteiger partial charge is 0.510 e. The number of carbonyl (C=O) groups excluding carboxylic acids is 8. The van der Waals surface area contributed by atoms with Gasteiger partial charge in [-0.3, -0.25) is 43.8 Å². The van der Waals surface area contributed by atoms with Crippen LogP contribution in [0.2, 0.25) is 0 Å². The maximum absolute atomic E-state index is 14.3. The molecule has 35 nitrogen and oxygen atoms in total. The van der Waals surface area contributed by atoms with Crippen LogP contribution in [-0.4, -0.2) is 236 Å². The standard InChI is InChI=1S/C92H109N11O24/c1-3-91(75-52-78-85-67(56-102(78)88(110)74(75)59-123-89(91)111)50-66-51-79-80(126-62-125-79)53-77(66)98-85)127-90(112)124-58-64-19-25-71(26-20-64)96-87(109)76(16-10-11-31-95-92(68-12-6-4-7-13-68,69-14-8-5-9-15-69)70-23-27-73(113-2)28-24-70)97-82(105)61-122-60-81(104)93-32-34-114-36-38-116-40-42-118-44-46-120-48-49-121-47-45-119-43-41-117-39-37-115-35-33-101-57-72(99-100-101)54-94-86(108)65-21-17-63(18-22-65)55-103-83(106)29-30-84(103)107/h4-9,12-15,19-20,23-30,50-53,57,63,65,76,95H,3,10-11,16-18,21-22,31-49,54-56,58-62H2,1-2H3,(H,93,104)(H,94,108)(H,96,109)(H,97,105)/t63?,65?,76-,91-/m0/s1. The fourth-order valence-corrected chi connectivity index (χ4v) is 15.7. The first kappa shape index (κ1) is 92.8. The highest BCUT2D eigenvalue weighted by Gasteiger charge is 2.51. The molecule has 5 N–H and O–H groups in total. The van der Waals surface area contributed by atoms with Crippen molar-refractivity contribution in [3.63, 3.8) is 0 Å². The summed E-state index contributed by atoms with van der Waals surface area (Å²) in [5, 5.41) is 24.3. The molecule has 3 aromatic heterocycles. The van der Waals surface area contributed by atoms with Gasteiger partial charge in [0.2, 0.25) is 36.0 Å². The summed E-state index contributed by atoms with van der Waals surface area (Å²) >= 11 is 0. The van der Waals surface area contributed by atoms with Crippen LogP contribution in [0, 0.1) is 11.8 Å². The number of unbranched alkanes of at least 4 members (excludes halogenated alkanes) is 1. The van der Waals surface area contributed by atoms with Crippen LogP contribution < -0.4 is 46.4 Å². The fourth-order valence-electron chi connectivity index (χ4n) is 15.7. The van der Waals surface area contributed by atoms with Crippen molar-refractivity contribution in [1.29, 1.82) is 0 Å². The normalized spacial score (nSPS) is 16.4. The molecule has 127 heavy (non-hydrogen) atoms. The second-order valence-corrected chi connectivity index (χ2v) is 30.8. The average Bonchev–Trinajstić information content (AvgIpc) is 1.61. The number of esters is 1. The molecule has 1 saturated carbocycles. The predicted molar refractivity (Wildman–Crippen MR) is 458 cm³/mol. The number of pyridine rings is 2. The Balaban J connectivity index is 0.472. The van der Waals surface area contributed by atoms with Crippen molar-refractivity contribution in [2.24, 2.45) is 11.8 Å². The molecule has 676 valence electrons. The molecule has 0 unspecified atom stereocenters. The molecule has 0 radical (unpaired) electrons. The minimum Gasteiger partial charge on any atom is -0.497 e. The van der Waals surface area contributed by atoms with Crippen LogP contribution in [0.1, 0.15) is 103 Å². The molecule has 0 saturated heterocycles. The molecule has 0 spiro atoms. The molecule has 8 aromatic rings. The second kappa shape index (κ2) is 47.1. The Morgan fingerprint density at radius 1 is 0.622 bits per heavy atom. The number of imide groups is 1. The van der Waals surface area contributed by atoms with Crippen LogP contribution in [0.4, 0.5) is 10.5 Å². The summed E-state index contributed by atoms with van der Waals surface area (Å²) in [6.07, 6.45) is 7.33. The predicted octanol–water partition coefficient (Wildman–Crippen LogP) is 7.26. The van der Waals surface area contributed by atoms with Gasteiger partial charge in [-0.15, -0.1) is 5.10 Å². The molecule has 1 fully saturated rings. The first-order valence-corrected chi connectivity index (χ1v) is 43.0. The van der Waals surface area contributed by atoms with Gasteiger partial charge in [-0.25, -0.2) is 19.3 Å². The second-order valence-electron chi connectivity index (χ2n) is 30.8. The van der Waals surface area contributed by atoms with E-state index in [1.54, 1.807) is 65.9 Å². The topological polar surface area (TPSA) is 404 Å². The number of rotatable bonds is 53. The summed E-state index contributed by atoms with van der Waals surface area (Å²) in [5.74, 6) is -1.13. The lowest BCUT2D eigenvalue weighted by atomic mass is 9.77. The maximum atomic E-state index is 14.3. The number of hydrogen-bond donors (Lipinski definition) is 5. The van der Waals surface area contributed by atoms with Crippen LogP contribution in [0.15, 0.2) is 157 Å². The highest BCUT2D eigenvalue weighted by Crippen LogP contribution is 2.44. The molecule has 6 amide bonds. The van der Waals surface area contributed by atoms with Gasteiger partial charge in [0.05, 0.1) is 167 Å². The molecule has 0 bridgehead atoms. The van der Waals surface area contributed by atoms with E-state index in [0.717, 1.165) is 40.5 Å². The third-order valence-corrected chi connectivity index (χ3v) is 22.4. The number of aromatic nitrogens is 5. The van der Waals surface area contributed by atoms with Crippen molar-refractivity contribution < 1.29 is 109 Å². The maximum Gasteiger partial charge on any atom is 0.510 e. The average molecular weight is 1750 g/mol. The van der Waals surface area contributed by atoms with E-state index >= 15 is 0 Å². The molecule has 5 aromatic carbocycles. The van der Waals surface area contributed by atoms with E-state index in [-0.39, 0.29) is 106 Å². The van der Waals surface area contributed by atoms with Crippen LogP contribution in [0.25, 0.3) is 22.3 Å². The number of amides is 6. The summed E-state index contributed by atoms with van der Waals surface area (Å²) in [6, 6.07) is 40.8. The van der Waals surface area contributed by atoms with Crippen molar-refractivity contribution in [1.82, 2.24) is 50.7 Å². The van der Waals surface area contributed by atoms with E-state index in [2.05, 4.69) is 61.2 Å². The van der Waals surface area contributed by atoms with E-state index in [9.17, 15) is 43.2 Å². The summed E-state index contributed by atoms with van der Waals surface area (Å²) in [5.41, 5.74) is 3.95. The molecule has 1 aliphatic carbocycles. The van der Waals surface area contributed by atoms with Crippen molar-refractivity contribution in [3.05, 3.63) is 207 Å². The third-order valence-electron chi connectivity index (χ3n) is 22.4. The quantitative estimate of drug-likeness (QED) is 0.0108. The fraction of sp³-hybridized carbons (Fsp3) is 0.457. The summed E-state index contributed by atoms with van der Waals surface area (Å²) < 4.78 is 87.3. The number of methoxy groups -OCH3 is 1. The first-order chi connectivity index (χ1) is 62.1. The Labute approximate surface area is 734 Å². The lowest BCUT2D eigenvalue weighted by molar-refractivity contribution is -0.175. The number of nitrogens with one attached hydrogen (secondary N) is 5. The Bertz CT molecular complexity index is 5050. The number of cyclic esters (lactones) is 1.